The first-order valence-electron chi connectivity index (χ1n) is 10.3. The summed E-state index contributed by atoms with van der Waals surface area (Å²) >= 11 is 1.74. The third kappa shape index (κ3) is 3.19. The summed E-state index contributed by atoms with van der Waals surface area (Å²) in [6.07, 6.45) is 4.50. The highest BCUT2D eigenvalue weighted by Gasteiger charge is 2.23. The van der Waals surface area contributed by atoms with Crippen molar-refractivity contribution in [1.82, 2.24) is 19.8 Å². The monoisotopic (exact) mass is 394 g/mol. The van der Waals surface area contributed by atoms with Gasteiger partial charge in [0.1, 0.15) is 10.7 Å². The summed E-state index contributed by atoms with van der Waals surface area (Å²) in [6.45, 7) is 6.74. The molecule has 1 aliphatic heterocycles. The van der Waals surface area contributed by atoms with Crippen molar-refractivity contribution in [1.29, 1.82) is 0 Å². The molecule has 1 aromatic carbocycles. The summed E-state index contributed by atoms with van der Waals surface area (Å²) in [5.74, 6) is 0.863. The van der Waals surface area contributed by atoms with Crippen LogP contribution in [-0.4, -0.2) is 40.6 Å². The molecule has 0 saturated carbocycles. The van der Waals surface area contributed by atoms with Gasteiger partial charge in [0.25, 0.3) is 5.56 Å². The minimum absolute atomic E-state index is 0.110. The number of aromatic nitrogens is 2. The molecule has 1 fully saturated rings. The molecule has 6 heteroatoms. The number of fused-ring (bicyclic) bond motifs is 3. The molecule has 1 N–H and O–H groups in total. The maximum Gasteiger partial charge on any atom is 0.267 e. The van der Waals surface area contributed by atoms with Gasteiger partial charge >= 0.3 is 0 Å². The number of benzene rings is 1. The SMILES string of the molecule is Cc1ccc(-n2c(CN3CCNCC3)nc3sc4c(c3c2=O)CCCC4)cc1. The third-order valence-electron chi connectivity index (χ3n) is 5.93. The minimum Gasteiger partial charge on any atom is -0.314 e. The van der Waals surface area contributed by atoms with E-state index in [-0.39, 0.29) is 5.56 Å². The van der Waals surface area contributed by atoms with E-state index in [1.165, 1.54) is 28.8 Å². The molecule has 0 unspecified atom stereocenters. The summed E-state index contributed by atoms with van der Waals surface area (Å²) in [5.41, 5.74) is 3.49. The van der Waals surface area contributed by atoms with Crippen LogP contribution in [0.1, 0.15) is 34.7 Å². The molecule has 0 amide bonds. The second-order valence-corrected chi connectivity index (χ2v) is 9.00. The molecule has 146 valence electrons. The average Bonchev–Trinajstić information content (AvgIpc) is 3.08. The number of aryl methyl sites for hydroxylation is 3. The van der Waals surface area contributed by atoms with Crippen LogP contribution >= 0.6 is 11.3 Å². The Morgan fingerprint density at radius 3 is 2.64 bits per heavy atom. The first-order valence-corrected chi connectivity index (χ1v) is 11.1. The van der Waals surface area contributed by atoms with E-state index in [0.717, 1.165) is 60.7 Å². The first-order chi connectivity index (χ1) is 13.7. The number of nitrogens with zero attached hydrogens (tertiary/aromatic N) is 3. The van der Waals surface area contributed by atoms with E-state index in [2.05, 4.69) is 29.3 Å². The smallest absolute Gasteiger partial charge is 0.267 e. The number of rotatable bonds is 3. The molecule has 28 heavy (non-hydrogen) atoms. The molecule has 2 aromatic heterocycles. The van der Waals surface area contributed by atoms with E-state index >= 15 is 0 Å². The van der Waals surface area contributed by atoms with Crippen molar-refractivity contribution in [3.63, 3.8) is 0 Å². The van der Waals surface area contributed by atoms with Gasteiger partial charge in [-0.05, 0) is 50.3 Å². The lowest BCUT2D eigenvalue weighted by Crippen LogP contribution is -2.43. The molecule has 3 aromatic rings. The summed E-state index contributed by atoms with van der Waals surface area (Å²) in [5, 5.41) is 4.26. The molecule has 5 nitrogen and oxygen atoms in total. The van der Waals surface area contributed by atoms with Gasteiger partial charge in [0.15, 0.2) is 0 Å². The van der Waals surface area contributed by atoms with E-state index in [1.807, 2.05) is 16.7 Å². The average molecular weight is 395 g/mol. The van der Waals surface area contributed by atoms with Crippen molar-refractivity contribution in [2.75, 3.05) is 26.2 Å². The standard InChI is InChI=1S/C22H26N4OS/c1-15-6-8-16(9-7-15)26-19(14-25-12-10-23-11-13-25)24-21-20(22(26)27)17-4-2-3-5-18(17)28-21/h6-9,23H,2-5,10-14H2,1H3. The van der Waals surface area contributed by atoms with E-state index in [1.54, 1.807) is 11.3 Å². The highest BCUT2D eigenvalue weighted by Crippen LogP contribution is 2.34. The Morgan fingerprint density at radius 2 is 1.86 bits per heavy atom. The van der Waals surface area contributed by atoms with Crippen LogP contribution in [0, 0.1) is 6.92 Å². The molecule has 2 aliphatic rings. The lowest BCUT2D eigenvalue weighted by Gasteiger charge is -2.27. The first kappa shape index (κ1) is 18.0. The molecule has 3 heterocycles. The van der Waals surface area contributed by atoms with Gasteiger partial charge in [-0.2, -0.15) is 0 Å². The van der Waals surface area contributed by atoms with Crippen LogP contribution in [0.2, 0.25) is 0 Å². The van der Waals surface area contributed by atoms with E-state index in [9.17, 15) is 4.79 Å². The Labute approximate surface area is 169 Å². The number of hydrogen-bond acceptors (Lipinski definition) is 5. The van der Waals surface area contributed by atoms with Crippen molar-refractivity contribution in [3.8, 4) is 5.69 Å². The molecule has 0 radical (unpaired) electrons. The summed E-state index contributed by atoms with van der Waals surface area (Å²) in [7, 11) is 0. The van der Waals surface area contributed by atoms with Crippen LogP contribution in [0.3, 0.4) is 0 Å². The van der Waals surface area contributed by atoms with Gasteiger partial charge in [-0.25, -0.2) is 4.98 Å². The van der Waals surface area contributed by atoms with Crippen LogP contribution in [0.15, 0.2) is 29.1 Å². The summed E-state index contributed by atoms with van der Waals surface area (Å²) < 4.78 is 1.87. The van der Waals surface area contributed by atoms with Crippen molar-refractivity contribution in [3.05, 3.63) is 56.4 Å². The summed E-state index contributed by atoms with van der Waals surface area (Å²) in [6, 6.07) is 8.24. The van der Waals surface area contributed by atoms with Gasteiger partial charge in [0.2, 0.25) is 0 Å². The largest absolute Gasteiger partial charge is 0.314 e. The second-order valence-electron chi connectivity index (χ2n) is 7.92. The van der Waals surface area contributed by atoms with E-state index in [4.69, 9.17) is 4.98 Å². The topological polar surface area (TPSA) is 50.2 Å². The van der Waals surface area contributed by atoms with Gasteiger partial charge in [0, 0.05) is 31.1 Å². The minimum atomic E-state index is 0.110. The fourth-order valence-corrected chi connectivity index (χ4v) is 5.65. The normalized spacial score (nSPS) is 17.8. The molecular formula is C22H26N4OS. The molecule has 0 spiro atoms. The van der Waals surface area contributed by atoms with E-state index in [0.29, 0.717) is 6.54 Å². The lowest BCUT2D eigenvalue weighted by molar-refractivity contribution is 0.226. The number of thiophene rings is 1. The van der Waals surface area contributed by atoms with Gasteiger partial charge in [-0.1, -0.05) is 17.7 Å². The van der Waals surface area contributed by atoms with Gasteiger partial charge < -0.3 is 5.32 Å². The van der Waals surface area contributed by atoms with Crippen molar-refractivity contribution >= 4 is 21.6 Å². The quantitative estimate of drug-likeness (QED) is 0.742. The van der Waals surface area contributed by atoms with Crippen LogP contribution in [-0.2, 0) is 19.4 Å². The molecule has 0 bridgehead atoms. The van der Waals surface area contributed by atoms with Crippen molar-refractivity contribution < 1.29 is 0 Å². The van der Waals surface area contributed by atoms with Crippen molar-refractivity contribution in [2.24, 2.45) is 0 Å². The maximum atomic E-state index is 13.7. The Kier molecular flexibility index (Phi) is 4.78. The molecule has 1 saturated heterocycles. The fraction of sp³-hybridized carbons (Fsp3) is 0.455. The van der Waals surface area contributed by atoms with Crippen LogP contribution in [0.25, 0.3) is 15.9 Å². The lowest BCUT2D eigenvalue weighted by atomic mass is 9.97. The zero-order chi connectivity index (χ0) is 19.1. The summed E-state index contributed by atoms with van der Waals surface area (Å²) in [4.78, 5) is 23.5. The molecule has 0 atom stereocenters. The second kappa shape index (κ2) is 7.43. The highest BCUT2D eigenvalue weighted by atomic mass is 32.1. The zero-order valence-electron chi connectivity index (χ0n) is 16.3. The Hall–Kier alpha value is -2.02. The Balaban J connectivity index is 1.70. The fourth-order valence-electron chi connectivity index (χ4n) is 4.38. The third-order valence-corrected chi connectivity index (χ3v) is 7.11. The van der Waals surface area contributed by atoms with Crippen LogP contribution < -0.4 is 10.9 Å². The molecule has 1 aliphatic carbocycles. The van der Waals surface area contributed by atoms with E-state index < -0.39 is 0 Å². The Morgan fingerprint density at radius 1 is 1.11 bits per heavy atom. The number of piperazine rings is 1. The molecule has 5 rings (SSSR count). The van der Waals surface area contributed by atoms with Crippen LogP contribution in [0.5, 0.6) is 0 Å². The molecular weight excluding hydrogens is 368 g/mol. The predicted molar refractivity (Wildman–Crippen MR) is 115 cm³/mol. The maximum absolute atomic E-state index is 13.7. The van der Waals surface area contributed by atoms with Crippen LogP contribution in [0.4, 0.5) is 0 Å². The van der Waals surface area contributed by atoms with Crippen molar-refractivity contribution in [2.45, 2.75) is 39.2 Å². The number of nitrogens with one attached hydrogen (secondary N) is 1. The highest BCUT2D eigenvalue weighted by molar-refractivity contribution is 7.18. The Bertz CT molecular complexity index is 1060. The van der Waals surface area contributed by atoms with Gasteiger partial charge in [-0.15, -0.1) is 11.3 Å². The van der Waals surface area contributed by atoms with Gasteiger partial charge in [0.05, 0.1) is 17.6 Å². The predicted octanol–water partition coefficient (Wildman–Crippen LogP) is 3.04. The van der Waals surface area contributed by atoms with Gasteiger partial charge in [-0.3, -0.25) is 14.3 Å². The zero-order valence-corrected chi connectivity index (χ0v) is 17.1. The number of hydrogen-bond donors (Lipinski definition) is 1.